The molecular formula is C61H35F12N3. The van der Waals surface area contributed by atoms with Gasteiger partial charge in [0.15, 0.2) is 0 Å². The van der Waals surface area contributed by atoms with Crippen molar-refractivity contribution in [3.8, 4) is 62.0 Å². The average molecular weight is 1040 g/mol. The van der Waals surface area contributed by atoms with Crippen molar-refractivity contribution < 1.29 is 52.7 Å². The van der Waals surface area contributed by atoms with Crippen LogP contribution in [0.5, 0.6) is 0 Å². The first-order chi connectivity index (χ1) is 36.0. The van der Waals surface area contributed by atoms with Crippen LogP contribution in [0.1, 0.15) is 38.9 Å². The molecule has 0 amide bonds. The van der Waals surface area contributed by atoms with Gasteiger partial charge in [-0.2, -0.15) is 57.9 Å². The highest BCUT2D eigenvalue weighted by atomic mass is 19.4. The minimum atomic E-state index is -5.30. The fourth-order valence-corrected chi connectivity index (χ4v) is 10.5. The normalized spacial score (nSPS) is 12.6. The average Bonchev–Trinajstić information content (AvgIpc) is 3.89. The predicted octanol–water partition coefficient (Wildman–Crippen LogP) is 19.1. The van der Waals surface area contributed by atoms with Gasteiger partial charge >= 0.3 is 24.7 Å². The van der Waals surface area contributed by atoms with E-state index in [2.05, 4.69) is 6.07 Å². The van der Waals surface area contributed by atoms with Crippen LogP contribution in [-0.4, -0.2) is 9.13 Å². The first-order valence-electron chi connectivity index (χ1n) is 23.4. The van der Waals surface area contributed by atoms with Gasteiger partial charge < -0.3 is 9.13 Å². The molecule has 15 heteroatoms. The second-order valence-electron chi connectivity index (χ2n) is 18.6. The van der Waals surface area contributed by atoms with E-state index in [1.165, 1.54) is 42.5 Å². The van der Waals surface area contributed by atoms with Crippen LogP contribution in [0.15, 0.2) is 176 Å². The predicted molar refractivity (Wildman–Crippen MR) is 271 cm³/mol. The number of nitriles is 1. The van der Waals surface area contributed by atoms with Crippen LogP contribution in [0.2, 0.25) is 0 Å². The lowest BCUT2D eigenvalue weighted by Gasteiger charge is -2.22. The molecule has 0 aliphatic rings. The van der Waals surface area contributed by atoms with Gasteiger partial charge in [0.1, 0.15) is 0 Å². The van der Waals surface area contributed by atoms with Crippen molar-refractivity contribution in [3.05, 3.63) is 215 Å². The van der Waals surface area contributed by atoms with E-state index in [1.807, 2.05) is 22.8 Å². The van der Waals surface area contributed by atoms with Crippen LogP contribution in [-0.2, 0) is 24.7 Å². The molecule has 0 atom stereocenters. The second kappa shape index (κ2) is 17.7. The number of halogens is 12. The quantitative estimate of drug-likeness (QED) is 0.153. The van der Waals surface area contributed by atoms with Gasteiger partial charge in [-0.05, 0) is 155 Å². The van der Waals surface area contributed by atoms with E-state index in [9.17, 15) is 44.8 Å². The van der Waals surface area contributed by atoms with Crippen molar-refractivity contribution in [1.82, 2.24) is 9.13 Å². The molecule has 76 heavy (non-hydrogen) atoms. The maximum atomic E-state index is 15.2. The molecule has 11 rings (SSSR count). The maximum Gasteiger partial charge on any atom is 0.417 e. The molecule has 9 aromatic carbocycles. The second-order valence-corrected chi connectivity index (χ2v) is 18.6. The van der Waals surface area contributed by atoms with Gasteiger partial charge in [-0.25, -0.2) is 0 Å². The molecule has 2 heterocycles. The Hall–Kier alpha value is -8.77. The number of benzene rings is 9. The highest BCUT2D eigenvalue weighted by Crippen LogP contribution is 2.48. The number of hydrogen-bond donors (Lipinski definition) is 0. The molecule has 3 nitrogen and oxygen atoms in total. The Morgan fingerprint density at radius 2 is 0.882 bits per heavy atom. The minimum absolute atomic E-state index is 0.0609. The summed E-state index contributed by atoms with van der Waals surface area (Å²) in [4.78, 5) is 0. The molecule has 0 N–H and O–H groups in total. The van der Waals surface area contributed by atoms with Crippen LogP contribution < -0.4 is 0 Å². The number of aryl methyl sites for hydroxylation is 2. The van der Waals surface area contributed by atoms with E-state index in [0.29, 0.717) is 83.3 Å². The van der Waals surface area contributed by atoms with Crippen molar-refractivity contribution in [3.63, 3.8) is 0 Å². The van der Waals surface area contributed by atoms with Gasteiger partial charge in [-0.15, -0.1) is 0 Å². The first kappa shape index (κ1) is 49.4. The SMILES string of the molecule is Cc1ccc(-c2ccc3c(c2)c2ccccc2n3-c2ccc(C#N)cc2-c2cc(-n3c4ccccc4c4cc(-c5ccc(C(F)(F)F)cc5C)ccc43)ccc2-c2ccc(C(F)(F)F)cc2C(F)(F)F)c(C(F)(F)F)c1. The lowest BCUT2D eigenvalue weighted by molar-refractivity contribution is -0.143. The molecule has 0 saturated heterocycles. The summed E-state index contributed by atoms with van der Waals surface area (Å²) in [5.74, 6) is 0. The zero-order valence-corrected chi connectivity index (χ0v) is 39.6. The summed E-state index contributed by atoms with van der Waals surface area (Å²) in [5.41, 5.74) is -0.149. The van der Waals surface area contributed by atoms with Gasteiger partial charge in [0.25, 0.3) is 0 Å². The lowest BCUT2D eigenvalue weighted by atomic mass is 9.88. The van der Waals surface area contributed by atoms with E-state index in [1.54, 1.807) is 97.3 Å². The molecule has 0 spiro atoms. The molecule has 0 radical (unpaired) electrons. The molecule has 0 saturated carbocycles. The Balaban J connectivity index is 1.19. The fourth-order valence-electron chi connectivity index (χ4n) is 10.5. The molecule has 0 aliphatic heterocycles. The third kappa shape index (κ3) is 8.47. The van der Waals surface area contributed by atoms with Crippen LogP contribution in [0, 0.1) is 25.2 Å². The standard InChI is InChI=1S/C61H35F12N3/c1-33-11-18-42(51(25-33)60(68,69)70)37-14-24-57-50(29-37)46-8-4-6-10-54(46)76(57)56-22-12-35(32-74)27-48(56)47-31-40(17-21-43(47)44-20-16-39(59(65,66)67)30-52(44)61(71,72)73)75-53-9-5-3-7-45(53)49-28-36(13-23-55(49)75)41-19-15-38(26-34(41)2)58(62,63)64/h3-31H,1-2H3. The summed E-state index contributed by atoms with van der Waals surface area (Å²) >= 11 is 0. The summed E-state index contributed by atoms with van der Waals surface area (Å²) in [5, 5.41) is 12.9. The van der Waals surface area contributed by atoms with E-state index in [-0.39, 0.29) is 39.4 Å². The van der Waals surface area contributed by atoms with Crippen molar-refractivity contribution in [2.45, 2.75) is 38.6 Å². The highest BCUT2D eigenvalue weighted by Gasteiger charge is 2.39. The van der Waals surface area contributed by atoms with E-state index in [0.717, 1.165) is 24.3 Å². The van der Waals surface area contributed by atoms with Gasteiger partial charge in [-0.1, -0.05) is 84.4 Å². The largest absolute Gasteiger partial charge is 0.417 e. The number of hydrogen-bond acceptors (Lipinski definition) is 1. The Labute approximate surface area is 424 Å². The van der Waals surface area contributed by atoms with Crippen LogP contribution in [0.3, 0.4) is 0 Å². The van der Waals surface area contributed by atoms with Crippen LogP contribution in [0.4, 0.5) is 52.7 Å². The minimum Gasteiger partial charge on any atom is -0.309 e. The number of alkyl halides is 12. The molecule has 378 valence electrons. The van der Waals surface area contributed by atoms with Gasteiger partial charge in [0.05, 0.1) is 61.6 Å². The summed E-state index contributed by atoms with van der Waals surface area (Å²) in [6, 6.07) is 44.5. The number of para-hydroxylation sites is 2. The third-order valence-corrected chi connectivity index (χ3v) is 13.9. The first-order valence-corrected chi connectivity index (χ1v) is 23.4. The maximum absolute atomic E-state index is 15.2. The van der Waals surface area contributed by atoms with Gasteiger partial charge in [0, 0.05) is 32.8 Å². The molecule has 2 aromatic heterocycles. The van der Waals surface area contributed by atoms with E-state index >= 15 is 13.2 Å². The summed E-state index contributed by atoms with van der Waals surface area (Å²) in [6.45, 7) is 3.13. The molecule has 0 aliphatic carbocycles. The third-order valence-electron chi connectivity index (χ3n) is 13.9. The highest BCUT2D eigenvalue weighted by molar-refractivity contribution is 6.12. The zero-order valence-electron chi connectivity index (χ0n) is 39.6. The van der Waals surface area contributed by atoms with Gasteiger partial charge in [-0.3, -0.25) is 0 Å². The number of rotatable bonds is 6. The lowest BCUT2D eigenvalue weighted by Crippen LogP contribution is -2.12. The number of fused-ring (bicyclic) bond motifs is 6. The van der Waals surface area contributed by atoms with Crippen LogP contribution >= 0.6 is 0 Å². The summed E-state index contributed by atoms with van der Waals surface area (Å²) in [7, 11) is 0. The van der Waals surface area contributed by atoms with Crippen molar-refractivity contribution in [2.24, 2.45) is 0 Å². The molecule has 0 unspecified atom stereocenters. The Morgan fingerprint density at radius 3 is 1.47 bits per heavy atom. The molecule has 11 aromatic rings. The summed E-state index contributed by atoms with van der Waals surface area (Å²) < 4.78 is 176. The van der Waals surface area contributed by atoms with Crippen LogP contribution in [0.25, 0.3) is 99.5 Å². The Kier molecular flexibility index (Phi) is 11.5. The van der Waals surface area contributed by atoms with Crippen molar-refractivity contribution >= 4 is 43.6 Å². The van der Waals surface area contributed by atoms with Crippen molar-refractivity contribution in [2.75, 3.05) is 0 Å². The van der Waals surface area contributed by atoms with Gasteiger partial charge in [0.2, 0.25) is 0 Å². The smallest absolute Gasteiger partial charge is 0.309 e. The fraction of sp³-hybridized carbons (Fsp3) is 0.0984. The van der Waals surface area contributed by atoms with Crippen molar-refractivity contribution in [1.29, 1.82) is 5.26 Å². The summed E-state index contributed by atoms with van der Waals surface area (Å²) in [6.07, 6.45) is -19.7. The Bertz CT molecular complexity index is 4220. The molecule has 0 fully saturated rings. The molecule has 0 bridgehead atoms. The van der Waals surface area contributed by atoms with E-state index < -0.39 is 52.5 Å². The van der Waals surface area contributed by atoms with E-state index in [4.69, 9.17) is 0 Å². The molecular weight excluding hydrogens is 1000 g/mol. The Morgan fingerprint density at radius 1 is 0.368 bits per heavy atom. The number of nitrogens with zero attached hydrogens (tertiary/aromatic N) is 3. The monoisotopic (exact) mass is 1040 g/mol. The number of aromatic nitrogens is 2. The topological polar surface area (TPSA) is 33.6 Å². The zero-order chi connectivity index (χ0) is 53.8.